The van der Waals surface area contributed by atoms with Crippen LogP contribution in [0.5, 0.6) is 0 Å². The molecule has 4 heteroatoms. The van der Waals surface area contributed by atoms with Gasteiger partial charge in [-0.05, 0) is 31.4 Å². The molecule has 1 fully saturated rings. The molecule has 1 aliphatic rings. The Bertz CT molecular complexity index is 267. The zero-order valence-corrected chi connectivity index (χ0v) is 8.26. The summed E-state index contributed by atoms with van der Waals surface area (Å²) in [6.07, 6.45) is 5.90. The van der Waals surface area contributed by atoms with E-state index in [9.17, 15) is 0 Å². The fraction of sp³-hybridized carbons (Fsp3) is 0.600. The van der Waals surface area contributed by atoms with Crippen molar-refractivity contribution in [2.75, 3.05) is 24.5 Å². The summed E-state index contributed by atoms with van der Waals surface area (Å²) in [4.78, 5) is 10.7. The second-order valence-electron chi connectivity index (χ2n) is 3.71. The van der Waals surface area contributed by atoms with Crippen molar-refractivity contribution in [1.29, 1.82) is 0 Å². The largest absolute Gasteiger partial charge is 0.341 e. The van der Waals surface area contributed by atoms with Crippen molar-refractivity contribution in [3.8, 4) is 0 Å². The SMILES string of the molecule is NCC1CCN(c2ncccn2)CC1. The highest BCUT2D eigenvalue weighted by molar-refractivity contribution is 5.28. The molecule has 14 heavy (non-hydrogen) atoms. The number of rotatable bonds is 2. The van der Waals surface area contributed by atoms with Gasteiger partial charge in [0.25, 0.3) is 0 Å². The lowest BCUT2D eigenvalue weighted by atomic mass is 9.97. The molecule has 1 aromatic rings. The van der Waals surface area contributed by atoms with Gasteiger partial charge < -0.3 is 10.6 Å². The summed E-state index contributed by atoms with van der Waals surface area (Å²) in [5.74, 6) is 1.54. The maximum absolute atomic E-state index is 5.64. The number of aromatic nitrogens is 2. The summed E-state index contributed by atoms with van der Waals surface area (Å²) in [6.45, 7) is 2.88. The van der Waals surface area contributed by atoms with Gasteiger partial charge in [0.2, 0.25) is 5.95 Å². The van der Waals surface area contributed by atoms with E-state index in [-0.39, 0.29) is 0 Å². The lowest BCUT2D eigenvalue weighted by molar-refractivity contribution is 0.411. The molecule has 2 heterocycles. The lowest BCUT2D eigenvalue weighted by Gasteiger charge is -2.31. The second kappa shape index (κ2) is 4.37. The first-order valence-electron chi connectivity index (χ1n) is 5.12. The molecule has 0 amide bonds. The van der Waals surface area contributed by atoms with Gasteiger partial charge in [-0.3, -0.25) is 0 Å². The zero-order valence-electron chi connectivity index (χ0n) is 8.26. The Balaban J connectivity index is 1.96. The van der Waals surface area contributed by atoms with Crippen molar-refractivity contribution in [2.24, 2.45) is 11.7 Å². The van der Waals surface area contributed by atoms with E-state index in [1.165, 1.54) is 0 Å². The van der Waals surface area contributed by atoms with E-state index in [4.69, 9.17) is 5.73 Å². The summed E-state index contributed by atoms with van der Waals surface area (Å²) < 4.78 is 0. The van der Waals surface area contributed by atoms with Gasteiger partial charge in [-0.25, -0.2) is 9.97 Å². The standard InChI is InChI=1S/C10H16N4/c11-8-9-2-6-14(7-3-9)10-12-4-1-5-13-10/h1,4-5,9H,2-3,6-8,11H2. The van der Waals surface area contributed by atoms with Crippen molar-refractivity contribution < 1.29 is 0 Å². The first-order valence-corrected chi connectivity index (χ1v) is 5.12. The molecular formula is C10H16N4. The fourth-order valence-corrected chi connectivity index (χ4v) is 1.82. The minimum absolute atomic E-state index is 0.690. The van der Waals surface area contributed by atoms with E-state index < -0.39 is 0 Å². The number of piperidine rings is 1. The topological polar surface area (TPSA) is 55.0 Å². The fourth-order valence-electron chi connectivity index (χ4n) is 1.82. The van der Waals surface area contributed by atoms with Crippen LogP contribution in [-0.2, 0) is 0 Å². The third-order valence-electron chi connectivity index (χ3n) is 2.78. The molecule has 1 aliphatic heterocycles. The second-order valence-corrected chi connectivity index (χ2v) is 3.71. The molecule has 0 aliphatic carbocycles. The molecule has 0 spiro atoms. The molecule has 0 unspecified atom stereocenters. The third-order valence-corrected chi connectivity index (χ3v) is 2.78. The smallest absolute Gasteiger partial charge is 0.225 e. The molecule has 2 rings (SSSR count). The van der Waals surface area contributed by atoms with Crippen LogP contribution in [0, 0.1) is 5.92 Å². The molecule has 76 valence electrons. The van der Waals surface area contributed by atoms with Gasteiger partial charge in [0, 0.05) is 25.5 Å². The maximum atomic E-state index is 5.64. The highest BCUT2D eigenvalue weighted by Crippen LogP contribution is 2.18. The highest BCUT2D eigenvalue weighted by atomic mass is 15.2. The Morgan fingerprint density at radius 2 is 1.93 bits per heavy atom. The van der Waals surface area contributed by atoms with E-state index in [1.807, 2.05) is 6.07 Å². The number of nitrogens with zero attached hydrogens (tertiary/aromatic N) is 3. The Labute approximate surface area is 84.2 Å². The van der Waals surface area contributed by atoms with Crippen molar-refractivity contribution in [2.45, 2.75) is 12.8 Å². The molecule has 0 bridgehead atoms. The zero-order chi connectivity index (χ0) is 9.80. The summed E-state index contributed by atoms with van der Waals surface area (Å²) in [6, 6.07) is 1.84. The molecule has 1 saturated heterocycles. The van der Waals surface area contributed by atoms with Crippen LogP contribution in [0.3, 0.4) is 0 Å². The molecule has 0 aromatic carbocycles. The van der Waals surface area contributed by atoms with E-state index in [0.29, 0.717) is 5.92 Å². The number of anilines is 1. The van der Waals surface area contributed by atoms with Crippen LogP contribution in [0.4, 0.5) is 5.95 Å². The van der Waals surface area contributed by atoms with Crippen molar-refractivity contribution in [1.82, 2.24) is 9.97 Å². The highest BCUT2D eigenvalue weighted by Gasteiger charge is 2.19. The van der Waals surface area contributed by atoms with Gasteiger partial charge in [0.15, 0.2) is 0 Å². The van der Waals surface area contributed by atoms with E-state index in [0.717, 1.165) is 38.4 Å². The average molecular weight is 192 g/mol. The lowest BCUT2D eigenvalue weighted by Crippen LogP contribution is -2.36. The predicted molar refractivity (Wildman–Crippen MR) is 56.0 cm³/mol. The molecule has 4 nitrogen and oxygen atoms in total. The Morgan fingerprint density at radius 1 is 1.29 bits per heavy atom. The van der Waals surface area contributed by atoms with Crippen molar-refractivity contribution >= 4 is 5.95 Å². The molecule has 0 radical (unpaired) electrons. The Morgan fingerprint density at radius 3 is 2.50 bits per heavy atom. The minimum atomic E-state index is 0.690. The molecule has 0 saturated carbocycles. The van der Waals surface area contributed by atoms with Gasteiger partial charge in [0.1, 0.15) is 0 Å². The molecular weight excluding hydrogens is 176 g/mol. The van der Waals surface area contributed by atoms with Crippen LogP contribution in [0.25, 0.3) is 0 Å². The number of nitrogens with two attached hydrogens (primary N) is 1. The summed E-state index contributed by atoms with van der Waals surface area (Å²) >= 11 is 0. The quantitative estimate of drug-likeness (QED) is 0.747. The van der Waals surface area contributed by atoms with E-state index >= 15 is 0 Å². The van der Waals surface area contributed by atoms with Gasteiger partial charge in [-0.2, -0.15) is 0 Å². The molecule has 0 atom stereocenters. The summed E-state index contributed by atoms with van der Waals surface area (Å²) in [7, 11) is 0. The van der Waals surface area contributed by atoms with Crippen LogP contribution in [-0.4, -0.2) is 29.6 Å². The van der Waals surface area contributed by atoms with Gasteiger partial charge >= 0.3 is 0 Å². The van der Waals surface area contributed by atoms with E-state index in [2.05, 4.69) is 14.9 Å². The van der Waals surface area contributed by atoms with Gasteiger partial charge in [-0.15, -0.1) is 0 Å². The van der Waals surface area contributed by atoms with E-state index in [1.54, 1.807) is 12.4 Å². The molecule has 2 N–H and O–H groups in total. The normalized spacial score (nSPS) is 18.5. The van der Waals surface area contributed by atoms with Crippen LogP contribution < -0.4 is 10.6 Å². The summed E-state index contributed by atoms with van der Waals surface area (Å²) in [5.41, 5.74) is 5.64. The van der Waals surface area contributed by atoms with Crippen LogP contribution in [0.2, 0.25) is 0 Å². The van der Waals surface area contributed by atoms with Crippen molar-refractivity contribution in [3.05, 3.63) is 18.5 Å². The summed E-state index contributed by atoms with van der Waals surface area (Å²) in [5, 5.41) is 0. The molecule has 1 aromatic heterocycles. The minimum Gasteiger partial charge on any atom is -0.341 e. The van der Waals surface area contributed by atoms with Gasteiger partial charge in [0.05, 0.1) is 0 Å². The van der Waals surface area contributed by atoms with Gasteiger partial charge in [-0.1, -0.05) is 0 Å². The maximum Gasteiger partial charge on any atom is 0.225 e. The monoisotopic (exact) mass is 192 g/mol. The van der Waals surface area contributed by atoms with Crippen LogP contribution >= 0.6 is 0 Å². The number of hydrogen-bond acceptors (Lipinski definition) is 4. The van der Waals surface area contributed by atoms with Crippen LogP contribution in [0.1, 0.15) is 12.8 Å². The Hall–Kier alpha value is -1.16. The van der Waals surface area contributed by atoms with Crippen LogP contribution in [0.15, 0.2) is 18.5 Å². The first-order chi connectivity index (χ1) is 6.90. The number of hydrogen-bond donors (Lipinski definition) is 1. The Kier molecular flexibility index (Phi) is 2.93. The average Bonchev–Trinajstić information content (AvgIpc) is 2.30. The van der Waals surface area contributed by atoms with Crippen molar-refractivity contribution in [3.63, 3.8) is 0 Å². The predicted octanol–water partition coefficient (Wildman–Crippen LogP) is 0.652. The first kappa shape index (κ1) is 9.40. The third kappa shape index (κ3) is 2.01.